The average molecular weight is 414 g/mol. The molecule has 0 N–H and O–H groups in total. The maximum atomic E-state index is 11.6. The first-order valence-electron chi connectivity index (χ1n) is 9.82. The molecule has 0 aromatic heterocycles. The van der Waals surface area contributed by atoms with E-state index in [4.69, 9.17) is 18.9 Å². The summed E-state index contributed by atoms with van der Waals surface area (Å²) in [6, 6.07) is 18.7. The van der Waals surface area contributed by atoms with Crippen LogP contribution in [-0.4, -0.2) is 31.3 Å². The van der Waals surface area contributed by atoms with E-state index < -0.39 is 6.16 Å². The molecule has 0 radical (unpaired) electrons. The van der Waals surface area contributed by atoms with Gasteiger partial charge in [-0.15, -0.1) is 0 Å². The topological polar surface area (TPSA) is 88.1 Å². The van der Waals surface area contributed by atoms with E-state index in [9.17, 15) is 14.4 Å². The molecular formula is C23H26O7. The maximum Gasteiger partial charge on any atom is 0.508 e. The molecule has 0 saturated heterocycles. The van der Waals surface area contributed by atoms with Crippen LogP contribution >= 0.6 is 0 Å². The zero-order valence-corrected chi connectivity index (χ0v) is 16.8. The molecule has 2 rings (SSSR count). The van der Waals surface area contributed by atoms with Crippen molar-refractivity contribution in [3.63, 3.8) is 0 Å². The normalized spacial score (nSPS) is 10.1. The van der Waals surface area contributed by atoms with E-state index in [0.717, 1.165) is 11.1 Å². The molecule has 2 aromatic carbocycles. The monoisotopic (exact) mass is 414 g/mol. The van der Waals surface area contributed by atoms with Crippen molar-refractivity contribution < 1.29 is 33.3 Å². The van der Waals surface area contributed by atoms with Gasteiger partial charge in [0.1, 0.15) is 13.2 Å². The Kier molecular flexibility index (Phi) is 10.5. The van der Waals surface area contributed by atoms with Crippen molar-refractivity contribution in [2.24, 2.45) is 0 Å². The van der Waals surface area contributed by atoms with Gasteiger partial charge >= 0.3 is 18.1 Å². The first-order valence-corrected chi connectivity index (χ1v) is 9.82. The van der Waals surface area contributed by atoms with Crippen LogP contribution in [0.1, 0.15) is 36.8 Å². The number of esters is 2. The molecule has 0 aliphatic carbocycles. The first kappa shape index (κ1) is 22.9. The van der Waals surface area contributed by atoms with E-state index in [1.165, 1.54) is 0 Å². The van der Waals surface area contributed by atoms with Gasteiger partial charge in [-0.25, -0.2) is 4.79 Å². The number of carbonyl (C=O) groups excluding carboxylic acids is 3. The molecule has 0 bridgehead atoms. The van der Waals surface area contributed by atoms with Crippen molar-refractivity contribution in [1.29, 1.82) is 0 Å². The van der Waals surface area contributed by atoms with E-state index in [2.05, 4.69) is 0 Å². The summed E-state index contributed by atoms with van der Waals surface area (Å²) in [4.78, 5) is 34.8. The highest BCUT2D eigenvalue weighted by molar-refractivity contribution is 5.69. The lowest BCUT2D eigenvalue weighted by atomic mass is 10.2. The van der Waals surface area contributed by atoms with Crippen LogP contribution in [0, 0.1) is 0 Å². The summed E-state index contributed by atoms with van der Waals surface area (Å²) in [7, 11) is 0. The lowest BCUT2D eigenvalue weighted by Crippen LogP contribution is -2.12. The molecule has 0 saturated carbocycles. The number of benzene rings is 2. The van der Waals surface area contributed by atoms with Crippen molar-refractivity contribution in [3.05, 3.63) is 71.8 Å². The Labute approximate surface area is 175 Å². The number of hydrogen-bond donors (Lipinski definition) is 0. The number of rotatable bonds is 12. The largest absolute Gasteiger partial charge is 0.508 e. The van der Waals surface area contributed by atoms with Gasteiger partial charge in [-0.1, -0.05) is 60.7 Å². The Bertz CT molecular complexity index is 709. The molecule has 0 spiro atoms. The van der Waals surface area contributed by atoms with Gasteiger partial charge < -0.3 is 18.9 Å². The van der Waals surface area contributed by atoms with Gasteiger partial charge in [0.2, 0.25) is 0 Å². The van der Waals surface area contributed by atoms with Crippen LogP contribution in [-0.2, 0) is 41.8 Å². The van der Waals surface area contributed by atoms with Gasteiger partial charge in [0.15, 0.2) is 0 Å². The van der Waals surface area contributed by atoms with Gasteiger partial charge in [-0.05, 0) is 24.0 Å². The van der Waals surface area contributed by atoms with Crippen LogP contribution in [0.2, 0.25) is 0 Å². The summed E-state index contributed by atoms with van der Waals surface area (Å²) in [6.45, 7) is 0.545. The van der Waals surface area contributed by atoms with Crippen molar-refractivity contribution in [3.8, 4) is 0 Å². The van der Waals surface area contributed by atoms with Gasteiger partial charge in [-0.3, -0.25) is 9.59 Å². The van der Waals surface area contributed by atoms with E-state index in [1.807, 2.05) is 60.7 Å². The molecule has 7 heteroatoms. The Hall–Kier alpha value is -3.35. The Morgan fingerprint density at radius 2 is 0.967 bits per heavy atom. The molecule has 160 valence electrons. The van der Waals surface area contributed by atoms with Gasteiger partial charge in [0.05, 0.1) is 13.2 Å². The number of carbonyl (C=O) groups is 3. The fourth-order valence-corrected chi connectivity index (χ4v) is 2.41. The quantitative estimate of drug-likeness (QED) is 0.292. The fourth-order valence-electron chi connectivity index (χ4n) is 2.41. The summed E-state index contributed by atoms with van der Waals surface area (Å²) < 4.78 is 20.0. The molecule has 0 heterocycles. The SMILES string of the molecule is O=C(CCCOC(=O)OCCCC(=O)OCc1ccccc1)OCc1ccccc1. The van der Waals surface area contributed by atoms with Crippen molar-refractivity contribution in [2.45, 2.75) is 38.9 Å². The van der Waals surface area contributed by atoms with E-state index in [0.29, 0.717) is 12.8 Å². The average Bonchev–Trinajstić information content (AvgIpc) is 2.78. The van der Waals surface area contributed by atoms with Crippen molar-refractivity contribution in [1.82, 2.24) is 0 Å². The van der Waals surface area contributed by atoms with Crippen LogP contribution in [0.5, 0.6) is 0 Å². The molecule has 0 amide bonds. The number of ether oxygens (including phenoxy) is 4. The highest BCUT2D eigenvalue weighted by atomic mass is 16.7. The summed E-state index contributed by atoms with van der Waals surface area (Å²) in [5.41, 5.74) is 1.82. The minimum Gasteiger partial charge on any atom is -0.461 e. The highest BCUT2D eigenvalue weighted by Gasteiger charge is 2.08. The second kappa shape index (κ2) is 13.8. The minimum absolute atomic E-state index is 0.0540. The molecule has 0 atom stereocenters. The lowest BCUT2D eigenvalue weighted by molar-refractivity contribution is -0.146. The fraction of sp³-hybridized carbons (Fsp3) is 0.348. The summed E-state index contributed by atoms with van der Waals surface area (Å²) in [5.74, 6) is -0.713. The zero-order valence-electron chi connectivity index (χ0n) is 16.8. The van der Waals surface area contributed by atoms with Gasteiger partial charge in [0, 0.05) is 12.8 Å². The Balaban J connectivity index is 1.43. The molecule has 0 aliphatic heterocycles. The highest BCUT2D eigenvalue weighted by Crippen LogP contribution is 2.04. The summed E-state index contributed by atoms with van der Waals surface area (Å²) in [6.07, 6.45) is 0.148. The molecule has 0 fully saturated rings. The molecule has 7 nitrogen and oxygen atoms in total. The maximum absolute atomic E-state index is 11.6. The lowest BCUT2D eigenvalue weighted by Gasteiger charge is -2.07. The second-order valence-corrected chi connectivity index (χ2v) is 6.45. The molecular weight excluding hydrogens is 388 g/mol. The van der Waals surface area contributed by atoms with E-state index in [1.54, 1.807) is 0 Å². The van der Waals surface area contributed by atoms with Crippen LogP contribution in [0.3, 0.4) is 0 Å². The second-order valence-electron chi connectivity index (χ2n) is 6.45. The zero-order chi connectivity index (χ0) is 21.4. The van der Waals surface area contributed by atoms with Crippen molar-refractivity contribution in [2.75, 3.05) is 13.2 Å². The van der Waals surface area contributed by atoms with Gasteiger partial charge in [0.25, 0.3) is 0 Å². The standard InChI is InChI=1S/C23H26O7/c24-21(29-17-19-9-3-1-4-10-19)13-7-15-27-23(26)28-16-8-14-22(25)30-18-20-11-5-2-6-12-20/h1-6,9-12H,7-8,13-18H2. The molecule has 30 heavy (non-hydrogen) atoms. The van der Waals surface area contributed by atoms with Gasteiger partial charge in [-0.2, -0.15) is 0 Å². The minimum atomic E-state index is -0.828. The van der Waals surface area contributed by atoms with Crippen LogP contribution in [0.15, 0.2) is 60.7 Å². The van der Waals surface area contributed by atoms with Crippen molar-refractivity contribution >= 4 is 18.1 Å². The third-order valence-corrected chi connectivity index (χ3v) is 3.98. The van der Waals surface area contributed by atoms with E-state index >= 15 is 0 Å². The Morgan fingerprint density at radius 1 is 0.567 bits per heavy atom. The predicted octanol–water partition coefficient (Wildman–Crippen LogP) is 4.19. The third-order valence-electron chi connectivity index (χ3n) is 3.98. The number of hydrogen-bond acceptors (Lipinski definition) is 7. The molecule has 0 aliphatic rings. The van der Waals surface area contributed by atoms with Crippen LogP contribution < -0.4 is 0 Å². The summed E-state index contributed by atoms with van der Waals surface area (Å²) in [5, 5.41) is 0. The third kappa shape index (κ3) is 10.3. The predicted molar refractivity (Wildman–Crippen MR) is 108 cm³/mol. The van der Waals surface area contributed by atoms with E-state index in [-0.39, 0.29) is 51.2 Å². The smallest absolute Gasteiger partial charge is 0.461 e. The van der Waals surface area contributed by atoms with Crippen LogP contribution in [0.25, 0.3) is 0 Å². The summed E-state index contributed by atoms with van der Waals surface area (Å²) >= 11 is 0. The molecule has 0 unspecified atom stereocenters. The molecule has 2 aromatic rings. The Morgan fingerprint density at radius 3 is 1.37 bits per heavy atom. The van der Waals surface area contributed by atoms with Crippen LogP contribution in [0.4, 0.5) is 4.79 Å². The first-order chi connectivity index (χ1) is 14.6.